The van der Waals surface area contributed by atoms with Gasteiger partial charge in [-0.1, -0.05) is 58.0 Å². The summed E-state index contributed by atoms with van der Waals surface area (Å²) in [4.78, 5) is 25.5. The first-order valence-electron chi connectivity index (χ1n) is 7.36. The fraction of sp³-hybridized carbons (Fsp3) is 0.0556. The number of halogens is 1. The maximum absolute atomic E-state index is 12.6. The lowest BCUT2D eigenvalue weighted by Gasteiger charge is -2.16. The van der Waals surface area contributed by atoms with Crippen LogP contribution in [-0.2, 0) is 4.79 Å². The minimum absolute atomic E-state index is 0.301. The van der Waals surface area contributed by atoms with Crippen LogP contribution >= 0.6 is 39.9 Å². The Morgan fingerprint density at radius 3 is 2.56 bits per heavy atom. The summed E-state index contributed by atoms with van der Waals surface area (Å²) in [7, 11) is 0. The standard InChI is InChI=1S/C18H13BrN2O2S2/c1-11-4-2-3-5-14(11)16(22)20-21-17(23)15(25-18(21)24)10-12-6-8-13(19)9-7-12/h2-10H,1H3,(H,20,22)/b15-10-. The van der Waals surface area contributed by atoms with Gasteiger partial charge in [0.05, 0.1) is 4.91 Å². The van der Waals surface area contributed by atoms with Gasteiger partial charge in [0.25, 0.3) is 11.8 Å². The molecule has 2 aromatic carbocycles. The maximum atomic E-state index is 12.6. The minimum atomic E-state index is -0.362. The number of amides is 2. The molecule has 4 nitrogen and oxygen atoms in total. The van der Waals surface area contributed by atoms with E-state index in [0.717, 1.165) is 32.4 Å². The van der Waals surface area contributed by atoms with Crippen molar-refractivity contribution in [3.8, 4) is 0 Å². The number of nitrogens with one attached hydrogen (secondary N) is 1. The topological polar surface area (TPSA) is 49.4 Å². The number of hydrazine groups is 1. The van der Waals surface area contributed by atoms with Crippen LogP contribution in [0.4, 0.5) is 0 Å². The van der Waals surface area contributed by atoms with Crippen molar-refractivity contribution in [2.75, 3.05) is 0 Å². The van der Waals surface area contributed by atoms with Gasteiger partial charge in [-0.3, -0.25) is 15.0 Å². The summed E-state index contributed by atoms with van der Waals surface area (Å²) in [6.07, 6.45) is 1.76. The predicted octanol–water partition coefficient (Wildman–Crippen LogP) is 4.30. The highest BCUT2D eigenvalue weighted by atomic mass is 79.9. The van der Waals surface area contributed by atoms with Gasteiger partial charge in [0.2, 0.25) is 0 Å². The van der Waals surface area contributed by atoms with E-state index in [1.165, 1.54) is 0 Å². The lowest BCUT2D eigenvalue weighted by Crippen LogP contribution is -2.45. The van der Waals surface area contributed by atoms with Gasteiger partial charge < -0.3 is 0 Å². The number of carbonyl (C=O) groups excluding carboxylic acids is 2. The van der Waals surface area contributed by atoms with Crippen LogP contribution in [0, 0.1) is 6.92 Å². The van der Waals surface area contributed by atoms with Gasteiger partial charge >= 0.3 is 0 Å². The summed E-state index contributed by atoms with van der Waals surface area (Å²) in [6, 6.07) is 14.8. The second-order valence-corrected chi connectivity index (χ2v) is 7.92. The number of thiocarbonyl (C=S) groups is 1. The Labute approximate surface area is 163 Å². The Morgan fingerprint density at radius 2 is 1.88 bits per heavy atom. The minimum Gasteiger partial charge on any atom is -0.267 e. The monoisotopic (exact) mass is 432 g/mol. The first kappa shape index (κ1) is 17.8. The van der Waals surface area contributed by atoms with Crippen molar-refractivity contribution in [1.29, 1.82) is 0 Å². The van der Waals surface area contributed by atoms with Crippen LogP contribution in [0.25, 0.3) is 6.08 Å². The number of rotatable bonds is 3. The lowest BCUT2D eigenvalue weighted by molar-refractivity contribution is -0.123. The van der Waals surface area contributed by atoms with Crippen LogP contribution in [0.2, 0.25) is 0 Å². The van der Waals surface area contributed by atoms with Gasteiger partial charge in [0, 0.05) is 10.0 Å². The highest BCUT2D eigenvalue weighted by molar-refractivity contribution is 9.10. The Balaban J connectivity index is 1.79. The number of benzene rings is 2. The number of thioether (sulfide) groups is 1. The molecule has 0 spiro atoms. The molecule has 0 atom stereocenters. The smallest absolute Gasteiger partial charge is 0.267 e. The molecule has 0 aliphatic carbocycles. The molecule has 25 heavy (non-hydrogen) atoms. The number of hydrogen-bond acceptors (Lipinski definition) is 4. The molecular weight excluding hydrogens is 420 g/mol. The third kappa shape index (κ3) is 4.00. The zero-order valence-electron chi connectivity index (χ0n) is 13.2. The van der Waals surface area contributed by atoms with Crippen molar-refractivity contribution in [1.82, 2.24) is 10.4 Å². The van der Waals surface area contributed by atoms with Crippen LogP contribution < -0.4 is 5.43 Å². The number of hydrogen-bond donors (Lipinski definition) is 1. The van der Waals surface area contributed by atoms with Crippen molar-refractivity contribution in [2.45, 2.75) is 6.92 Å². The summed E-state index contributed by atoms with van der Waals surface area (Å²) in [5.41, 5.74) is 4.82. The van der Waals surface area contributed by atoms with E-state index in [2.05, 4.69) is 21.4 Å². The van der Waals surface area contributed by atoms with E-state index in [1.54, 1.807) is 18.2 Å². The predicted molar refractivity (Wildman–Crippen MR) is 108 cm³/mol. The summed E-state index contributed by atoms with van der Waals surface area (Å²) in [5, 5.41) is 1.12. The average Bonchev–Trinajstić information content (AvgIpc) is 2.85. The fourth-order valence-corrected chi connectivity index (χ4v) is 3.71. The van der Waals surface area contributed by atoms with E-state index in [0.29, 0.717) is 14.8 Å². The zero-order valence-corrected chi connectivity index (χ0v) is 16.4. The number of aryl methyl sites for hydroxylation is 1. The van der Waals surface area contributed by atoms with Gasteiger partial charge in [0.15, 0.2) is 4.32 Å². The molecule has 1 heterocycles. The highest BCUT2D eigenvalue weighted by Crippen LogP contribution is 2.31. The molecule has 1 saturated heterocycles. The number of carbonyl (C=O) groups is 2. The van der Waals surface area contributed by atoms with Crippen LogP contribution in [0.1, 0.15) is 21.5 Å². The van der Waals surface area contributed by atoms with Crippen molar-refractivity contribution >= 4 is 62.1 Å². The molecular formula is C18H13BrN2O2S2. The second kappa shape index (κ2) is 7.51. The van der Waals surface area contributed by atoms with E-state index in [1.807, 2.05) is 43.3 Å². The van der Waals surface area contributed by atoms with Gasteiger partial charge in [-0.2, -0.15) is 5.01 Å². The van der Waals surface area contributed by atoms with E-state index < -0.39 is 0 Å². The average molecular weight is 433 g/mol. The summed E-state index contributed by atoms with van der Waals surface area (Å²) in [6.45, 7) is 1.84. The molecule has 0 bridgehead atoms. The zero-order chi connectivity index (χ0) is 18.0. The number of nitrogens with zero attached hydrogens (tertiary/aromatic N) is 1. The SMILES string of the molecule is Cc1ccccc1C(=O)NN1C(=O)/C(=C/c2ccc(Br)cc2)SC1=S. The normalized spacial score (nSPS) is 15.8. The Bertz CT molecular complexity index is 894. The van der Waals surface area contributed by atoms with Crippen molar-refractivity contribution in [3.05, 3.63) is 74.6 Å². The van der Waals surface area contributed by atoms with Gasteiger partial charge in [-0.05, 0) is 54.5 Å². The van der Waals surface area contributed by atoms with Gasteiger partial charge in [-0.25, -0.2) is 0 Å². The van der Waals surface area contributed by atoms with E-state index in [9.17, 15) is 9.59 Å². The highest BCUT2D eigenvalue weighted by Gasteiger charge is 2.33. The van der Waals surface area contributed by atoms with E-state index >= 15 is 0 Å². The molecule has 0 unspecified atom stereocenters. The summed E-state index contributed by atoms with van der Waals surface area (Å²) >= 11 is 9.78. The summed E-state index contributed by atoms with van der Waals surface area (Å²) < 4.78 is 1.26. The molecule has 126 valence electrons. The van der Waals surface area contributed by atoms with Gasteiger partial charge in [-0.15, -0.1) is 0 Å². The molecule has 7 heteroatoms. The molecule has 1 fully saturated rings. The molecule has 0 aromatic heterocycles. The van der Waals surface area contributed by atoms with Crippen molar-refractivity contribution in [3.63, 3.8) is 0 Å². The van der Waals surface area contributed by atoms with E-state index in [4.69, 9.17) is 12.2 Å². The Morgan fingerprint density at radius 1 is 1.20 bits per heavy atom. The molecule has 1 N–H and O–H groups in total. The van der Waals surface area contributed by atoms with Crippen LogP contribution in [0.3, 0.4) is 0 Å². The molecule has 2 aromatic rings. The molecule has 2 amide bonds. The maximum Gasteiger partial charge on any atom is 0.285 e. The Kier molecular flexibility index (Phi) is 5.36. The molecule has 0 radical (unpaired) electrons. The lowest BCUT2D eigenvalue weighted by atomic mass is 10.1. The van der Waals surface area contributed by atoms with Crippen LogP contribution in [0.15, 0.2) is 57.9 Å². The first-order valence-corrected chi connectivity index (χ1v) is 9.37. The second-order valence-electron chi connectivity index (χ2n) is 5.32. The Hall–Kier alpha value is -1.96. The van der Waals surface area contributed by atoms with E-state index in [-0.39, 0.29) is 11.8 Å². The summed E-state index contributed by atoms with van der Waals surface area (Å²) in [5.74, 6) is -0.695. The van der Waals surface area contributed by atoms with Crippen molar-refractivity contribution < 1.29 is 9.59 Å². The third-order valence-corrected chi connectivity index (χ3v) is 5.40. The quantitative estimate of drug-likeness (QED) is 0.579. The molecule has 0 saturated carbocycles. The van der Waals surface area contributed by atoms with Crippen LogP contribution in [-0.4, -0.2) is 21.1 Å². The molecule has 3 rings (SSSR count). The fourth-order valence-electron chi connectivity index (χ4n) is 2.26. The molecule has 1 aliphatic heterocycles. The van der Waals surface area contributed by atoms with Crippen molar-refractivity contribution in [2.24, 2.45) is 0 Å². The van der Waals surface area contributed by atoms with Crippen LogP contribution in [0.5, 0.6) is 0 Å². The first-order chi connectivity index (χ1) is 12.0. The molecule has 1 aliphatic rings. The largest absolute Gasteiger partial charge is 0.285 e. The van der Waals surface area contributed by atoms with Gasteiger partial charge in [0.1, 0.15) is 0 Å². The third-order valence-electron chi connectivity index (χ3n) is 3.56.